The molecule has 0 spiro atoms. The number of aromatic nitrogens is 2. The van der Waals surface area contributed by atoms with Gasteiger partial charge in [0, 0.05) is 45.6 Å². The summed E-state index contributed by atoms with van der Waals surface area (Å²) in [7, 11) is 0. The molecule has 2 heterocycles. The SMILES string of the molecule is NCc1ccc(CNC(=O)c2cc(-c3c[nH]c4ccc(Br)cc34)c3ccccc3n2)cc1. The first-order chi connectivity index (χ1) is 15.6. The van der Waals surface area contributed by atoms with Gasteiger partial charge in [0.25, 0.3) is 5.91 Å². The minimum absolute atomic E-state index is 0.207. The van der Waals surface area contributed by atoms with E-state index in [1.54, 1.807) is 0 Å². The van der Waals surface area contributed by atoms with E-state index in [1.165, 1.54) is 0 Å². The number of fused-ring (bicyclic) bond motifs is 2. The molecule has 0 radical (unpaired) electrons. The molecule has 158 valence electrons. The van der Waals surface area contributed by atoms with Crippen LogP contribution in [0.15, 0.2) is 83.5 Å². The highest BCUT2D eigenvalue weighted by atomic mass is 79.9. The summed E-state index contributed by atoms with van der Waals surface area (Å²) in [6, 6.07) is 23.8. The van der Waals surface area contributed by atoms with Gasteiger partial charge < -0.3 is 16.0 Å². The largest absolute Gasteiger partial charge is 0.361 e. The van der Waals surface area contributed by atoms with Gasteiger partial charge in [0.05, 0.1) is 5.52 Å². The Morgan fingerprint density at radius 1 is 0.938 bits per heavy atom. The molecule has 0 atom stereocenters. The lowest BCUT2D eigenvalue weighted by Crippen LogP contribution is -2.24. The van der Waals surface area contributed by atoms with Gasteiger partial charge in [-0.3, -0.25) is 4.79 Å². The van der Waals surface area contributed by atoms with Crippen LogP contribution >= 0.6 is 15.9 Å². The van der Waals surface area contributed by atoms with Crippen molar-refractivity contribution >= 4 is 43.6 Å². The van der Waals surface area contributed by atoms with E-state index in [9.17, 15) is 4.79 Å². The number of nitrogens with zero attached hydrogens (tertiary/aromatic N) is 1. The van der Waals surface area contributed by atoms with Crippen LogP contribution in [0.2, 0.25) is 0 Å². The highest BCUT2D eigenvalue weighted by Crippen LogP contribution is 2.35. The molecule has 1 amide bonds. The third-order valence-electron chi connectivity index (χ3n) is 5.59. The first-order valence-corrected chi connectivity index (χ1v) is 11.1. The summed E-state index contributed by atoms with van der Waals surface area (Å²) in [6.45, 7) is 0.925. The van der Waals surface area contributed by atoms with E-state index in [2.05, 4.69) is 37.3 Å². The van der Waals surface area contributed by atoms with Crippen molar-refractivity contribution in [1.82, 2.24) is 15.3 Å². The average Bonchev–Trinajstić information content (AvgIpc) is 3.25. The zero-order valence-corrected chi connectivity index (χ0v) is 18.8. The lowest BCUT2D eigenvalue weighted by atomic mass is 9.99. The fourth-order valence-corrected chi connectivity index (χ4v) is 4.26. The molecule has 32 heavy (non-hydrogen) atoms. The molecule has 0 fully saturated rings. The Morgan fingerprint density at radius 2 is 1.72 bits per heavy atom. The first-order valence-electron chi connectivity index (χ1n) is 10.4. The van der Waals surface area contributed by atoms with E-state index in [-0.39, 0.29) is 5.91 Å². The van der Waals surface area contributed by atoms with Gasteiger partial charge in [0.2, 0.25) is 0 Å². The van der Waals surface area contributed by atoms with Crippen molar-refractivity contribution in [2.45, 2.75) is 13.1 Å². The number of hydrogen-bond donors (Lipinski definition) is 3. The fraction of sp³-hybridized carbons (Fsp3) is 0.0769. The van der Waals surface area contributed by atoms with E-state index in [4.69, 9.17) is 5.73 Å². The molecular formula is C26H21BrN4O. The fourth-order valence-electron chi connectivity index (χ4n) is 3.90. The number of nitrogens with one attached hydrogen (secondary N) is 2. The Kier molecular flexibility index (Phi) is 5.47. The van der Waals surface area contributed by atoms with Gasteiger partial charge in [-0.15, -0.1) is 0 Å². The van der Waals surface area contributed by atoms with Gasteiger partial charge in [-0.05, 0) is 47.0 Å². The normalized spacial score (nSPS) is 11.2. The topological polar surface area (TPSA) is 83.8 Å². The summed E-state index contributed by atoms with van der Waals surface area (Å²) in [4.78, 5) is 21.0. The standard InChI is InChI=1S/C26H21BrN4O/c27-18-9-10-23-21(11-18)22(15-29-23)20-12-25(31-24-4-2-1-3-19(20)24)26(32)30-14-17-7-5-16(13-28)6-8-17/h1-12,15,29H,13-14,28H2,(H,30,32). The smallest absolute Gasteiger partial charge is 0.270 e. The first kappa shape index (κ1) is 20.4. The van der Waals surface area contributed by atoms with Gasteiger partial charge in [-0.2, -0.15) is 0 Å². The predicted octanol–water partition coefficient (Wildman–Crippen LogP) is 5.53. The second kappa shape index (κ2) is 8.57. The number of para-hydroxylation sites is 1. The van der Waals surface area contributed by atoms with Gasteiger partial charge in [-0.25, -0.2) is 4.98 Å². The van der Waals surface area contributed by atoms with Crippen molar-refractivity contribution in [3.05, 3.63) is 100 Å². The number of amides is 1. The van der Waals surface area contributed by atoms with Gasteiger partial charge in [0.15, 0.2) is 0 Å². The summed E-state index contributed by atoms with van der Waals surface area (Å²) in [6.07, 6.45) is 1.99. The van der Waals surface area contributed by atoms with Crippen molar-refractivity contribution in [2.24, 2.45) is 5.73 Å². The number of pyridine rings is 1. The van der Waals surface area contributed by atoms with Crippen LogP contribution in [0.3, 0.4) is 0 Å². The average molecular weight is 485 g/mol. The van der Waals surface area contributed by atoms with Crippen molar-refractivity contribution in [2.75, 3.05) is 0 Å². The zero-order valence-electron chi connectivity index (χ0n) is 17.2. The molecule has 3 aromatic carbocycles. The maximum atomic E-state index is 13.0. The Morgan fingerprint density at radius 3 is 2.53 bits per heavy atom. The Labute approximate surface area is 193 Å². The number of rotatable bonds is 5. The van der Waals surface area contributed by atoms with Crippen LogP contribution in [0, 0.1) is 0 Å². The maximum Gasteiger partial charge on any atom is 0.270 e. The molecule has 0 bridgehead atoms. The number of hydrogen-bond acceptors (Lipinski definition) is 3. The number of nitrogens with two attached hydrogens (primary N) is 1. The number of carbonyl (C=O) groups excluding carboxylic acids is 1. The minimum atomic E-state index is -0.207. The van der Waals surface area contributed by atoms with Gasteiger partial charge in [0.1, 0.15) is 5.69 Å². The quantitative estimate of drug-likeness (QED) is 0.306. The molecule has 0 unspecified atom stereocenters. The van der Waals surface area contributed by atoms with E-state index >= 15 is 0 Å². The van der Waals surface area contributed by atoms with Crippen LogP contribution in [0.1, 0.15) is 21.6 Å². The van der Waals surface area contributed by atoms with Crippen molar-refractivity contribution in [1.29, 1.82) is 0 Å². The maximum absolute atomic E-state index is 13.0. The van der Waals surface area contributed by atoms with Crippen LogP contribution in [-0.2, 0) is 13.1 Å². The third kappa shape index (κ3) is 3.90. The van der Waals surface area contributed by atoms with Crippen LogP contribution in [0.4, 0.5) is 0 Å². The van der Waals surface area contributed by atoms with E-state index in [0.717, 1.165) is 48.5 Å². The molecule has 0 saturated carbocycles. The lowest BCUT2D eigenvalue weighted by molar-refractivity contribution is 0.0946. The zero-order chi connectivity index (χ0) is 22.1. The molecular weight excluding hydrogens is 464 g/mol. The number of carbonyl (C=O) groups is 1. The molecule has 0 aliphatic rings. The third-order valence-corrected chi connectivity index (χ3v) is 6.09. The summed E-state index contributed by atoms with van der Waals surface area (Å²) in [5, 5.41) is 5.08. The molecule has 0 saturated heterocycles. The number of aromatic amines is 1. The number of benzene rings is 3. The lowest BCUT2D eigenvalue weighted by Gasteiger charge is -2.10. The minimum Gasteiger partial charge on any atom is -0.361 e. The molecule has 5 aromatic rings. The molecule has 5 rings (SSSR count). The summed E-state index contributed by atoms with van der Waals surface area (Å²) in [5.41, 5.74) is 11.9. The molecule has 6 heteroatoms. The second-order valence-electron chi connectivity index (χ2n) is 7.67. The van der Waals surface area contributed by atoms with Crippen LogP contribution in [-0.4, -0.2) is 15.9 Å². The molecule has 4 N–H and O–H groups in total. The van der Waals surface area contributed by atoms with Crippen LogP contribution in [0.5, 0.6) is 0 Å². The summed E-state index contributed by atoms with van der Waals surface area (Å²) >= 11 is 3.57. The van der Waals surface area contributed by atoms with Gasteiger partial charge >= 0.3 is 0 Å². The molecule has 0 aliphatic carbocycles. The van der Waals surface area contributed by atoms with E-state index in [0.29, 0.717) is 18.8 Å². The van der Waals surface area contributed by atoms with E-state index < -0.39 is 0 Å². The monoisotopic (exact) mass is 484 g/mol. The molecule has 5 nitrogen and oxygen atoms in total. The van der Waals surface area contributed by atoms with Crippen molar-refractivity contribution in [3.63, 3.8) is 0 Å². The summed E-state index contributed by atoms with van der Waals surface area (Å²) in [5.74, 6) is -0.207. The van der Waals surface area contributed by atoms with E-state index in [1.807, 2.05) is 72.9 Å². The highest BCUT2D eigenvalue weighted by molar-refractivity contribution is 9.10. The Hall–Kier alpha value is -3.48. The Bertz CT molecular complexity index is 1440. The summed E-state index contributed by atoms with van der Waals surface area (Å²) < 4.78 is 1.00. The number of halogens is 1. The number of H-pyrrole nitrogens is 1. The Balaban J connectivity index is 1.52. The van der Waals surface area contributed by atoms with Crippen LogP contribution in [0.25, 0.3) is 32.9 Å². The van der Waals surface area contributed by atoms with Crippen molar-refractivity contribution in [3.8, 4) is 11.1 Å². The molecule has 2 aromatic heterocycles. The highest BCUT2D eigenvalue weighted by Gasteiger charge is 2.16. The van der Waals surface area contributed by atoms with Crippen LogP contribution < -0.4 is 11.1 Å². The molecule has 0 aliphatic heterocycles. The van der Waals surface area contributed by atoms with Gasteiger partial charge in [-0.1, -0.05) is 58.4 Å². The predicted molar refractivity (Wildman–Crippen MR) is 132 cm³/mol. The van der Waals surface area contributed by atoms with Crippen molar-refractivity contribution < 1.29 is 4.79 Å². The second-order valence-corrected chi connectivity index (χ2v) is 8.58.